The number of rotatable bonds is 8. The van der Waals surface area contributed by atoms with Crippen molar-refractivity contribution in [3.05, 3.63) is 0 Å². The third kappa shape index (κ3) is 4.00. The van der Waals surface area contributed by atoms with Crippen molar-refractivity contribution in [2.45, 2.75) is 104 Å². The highest BCUT2D eigenvalue weighted by Gasteiger charge is 3.01. The van der Waals surface area contributed by atoms with Gasteiger partial charge >= 0.3 is 35.6 Å². The number of esters is 1. The van der Waals surface area contributed by atoms with E-state index in [2.05, 4.69) is 9.37 Å². The molecule has 5 aliphatic carbocycles. The van der Waals surface area contributed by atoms with Gasteiger partial charge in [-0.05, 0) is 57.8 Å². The minimum atomic E-state index is -7.30. The van der Waals surface area contributed by atoms with Gasteiger partial charge in [-0.15, -0.1) is 0 Å². The van der Waals surface area contributed by atoms with Gasteiger partial charge in [-0.1, -0.05) is 0 Å². The van der Waals surface area contributed by atoms with E-state index in [1.807, 2.05) is 0 Å². The van der Waals surface area contributed by atoms with Gasteiger partial charge in [-0.2, -0.15) is 48.2 Å². The molecule has 5 rings (SSSR count). The minimum absolute atomic E-state index is 0.135. The summed E-state index contributed by atoms with van der Waals surface area (Å²) in [6.07, 6.45) is 0.0825. The maximum atomic E-state index is 15.3. The van der Waals surface area contributed by atoms with Crippen LogP contribution in [-0.2, 0) is 23.6 Å². The van der Waals surface area contributed by atoms with Crippen LogP contribution >= 0.6 is 12.0 Å². The standard InChI is InChI=1S/C21H23F11O6S/c1-13(2,39-38-37-34)12(33)36-15-6-10-3-11(7-15)5-14(4-10,8-15)35-9-16(22)17(23,24)19(27,28)21(31,32)20(29,30)18(16,25)26/h10-11,34H,3-9H2,1-2H3/p-1. The summed E-state index contributed by atoms with van der Waals surface area (Å²) in [5, 5.41) is 13.3. The van der Waals surface area contributed by atoms with Crippen LogP contribution in [0.3, 0.4) is 0 Å². The zero-order chi connectivity index (χ0) is 29.7. The van der Waals surface area contributed by atoms with Crippen LogP contribution in [0.5, 0.6) is 0 Å². The molecule has 0 aromatic heterocycles. The van der Waals surface area contributed by atoms with Crippen LogP contribution in [0.2, 0.25) is 0 Å². The maximum absolute atomic E-state index is 15.3. The average Bonchev–Trinajstić information content (AvgIpc) is 2.78. The number of alkyl halides is 11. The molecule has 226 valence electrons. The van der Waals surface area contributed by atoms with Crippen molar-refractivity contribution in [3.8, 4) is 0 Å². The highest BCUT2D eigenvalue weighted by Crippen LogP contribution is 2.70. The molecule has 2 unspecified atom stereocenters. The zero-order valence-corrected chi connectivity index (χ0v) is 20.9. The first-order valence-electron chi connectivity index (χ1n) is 11.6. The molecular weight excluding hydrogens is 589 g/mol. The smallest absolute Gasteiger partial charge is 0.384 e. The predicted octanol–water partition coefficient (Wildman–Crippen LogP) is 5.19. The highest BCUT2D eigenvalue weighted by atomic mass is 32.2. The summed E-state index contributed by atoms with van der Waals surface area (Å²) in [5.74, 6) is -37.5. The Hall–Kier alpha value is -1.11. The van der Waals surface area contributed by atoms with E-state index in [4.69, 9.17) is 9.47 Å². The minimum Gasteiger partial charge on any atom is -0.691 e. The van der Waals surface area contributed by atoms with Gasteiger partial charge in [0.05, 0.1) is 12.2 Å². The van der Waals surface area contributed by atoms with E-state index in [9.17, 15) is 54.0 Å². The highest BCUT2D eigenvalue weighted by molar-refractivity contribution is 7.96. The van der Waals surface area contributed by atoms with Crippen molar-refractivity contribution in [1.82, 2.24) is 0 Å². The number of hydrogen-bond acceptors (Lipinski definition) is 7. The number of carbonyl (C=O) groups excluding carboxylic acids is 1. The Bertz CT molecular complexity index is 963. The number of hydrogen-bond donors (Lipinski definition) is 0. The molecule has 0 radical (unpaired) electrons. The van der Waals surface area contributed by atoms with E-state index >= 15 is 4.39 Å². The second-order valence-electron chi connectivity index (χ2n) is 11.4. The van der Waals surface area contributed by atoms with Crippen molar-refractivity contribution >= 4 is 18.0 Å². The molecule has 2 atom stereocenters. The summed E-state index contributed by atoms with van der Waals surface area (Å²) in [5.41, 5.74) is -9.53. The van der Waals surface area contributed by atoms with Gasteiger partial charge in [0, 0.05) is 18.5 Å². The van der Waals surface area contributed by atoms with Gasteiger partial charge in [0.15, 0.2) is 0 Å². The molecule has 0 heterocycles. The quantitative estimate of drug-likeness (QED) is 0.123. The molecule has 18 heteroatoms. The molecule has 5 aliphatic rings. The van der Waals surface area contributed by atoms with E-state index < -0.39 is 82.1 Å². The Morgan fingerprint density at radius 3 is 1.69 bits per heavy atom. The molecule has 39 heavy (non-hydrogen) atoms. The van der Waals surface area contributed by atoms with E-state index in [0.717, 1.165) is 0 Å². The molecule has 4 bridgehead atoms. The van der Waals surface area contributed by atoms with Gasteiger partial charge < -0.3 is 14.7 Å². The van der Waals surface area contributed by atoms with Crippen LogP contribution in [0, 0.1) is 11.8 Å². The molecule has 5 fully saturated rings. The topological polar surface area (TPSA) is 77.0 Å². The summed E-state index contributed by atoms with van der Waals surface area (Å²) in [7, 11) is 0. The number of carbonyl (C=O) groups is 1. The third-order valence-corrected chi connectivity index (χ3v) is 8.88. The van der Waals surface area contributed by atoms with Crippen LogP contribution in [0.4, 0.5) is 48.3 Å². The number of halogens is 11. The van der Waals surface area contributed by atoms with E-state index in [1.165, 1.54) is 13.8 Å². The Balaban J connectivity index is 1.62. The van der Waals surface area contributed by atoms with E-state index in [1.54, 1.807) is 0 Å². The molecule has 0 N–H and O–H groups in total. The molecule has 0 aromatic carbocycles. The maximum Gasteiger partial charge on any atom is 0.384 e. The van der Waals surface area contributed by atoms with E-state index in [-0.39, 0.29) is 37.7 Å². The summed E-state index contributed by atoms with van der Waals surface area (Å²) < 4.78 is 169. The van der Waals surface area contributed by atoms with Crippen LogP contribution in [0.25, 0.3) is 0 Å². The van der Waals surface area contributed by atoms with Crippen LogP contribution in [0.15, 0.2) is 0 Å². The van der Waals surface area contributed by atoms with Gasteiger partial charge in [0.25, 0.3) is 5.67 Å². The fraction of sp³-hybridized carbons (Fsp3) is 0.952. The molecule has 0 saturated heterocycles. The second kappa shape index (κ2) is 8.70. The Morgan fingerprint density at radius 1 is 0.795 bits per heavy atom. The first-order valence-corrected chi connectivity index (χ1v) is 12.3. The Morgan fingerprint density at radius 2 is 1.23 bits per heavy atom. The Kier molecular flexibility index (Phi) is 6.88. The zero-order valence-electron chi connectivity index (χ0n) is 20.1. The van der Waals surface area contributed by atoms with Crippen LogP contribution < -0.4 is 5.26 Å². The van der Waals surface area contributed by atoms with Crippen molar-refractivity contribution in [1.29, 1.82) is 0 Å². The van der Waals surface area contributed by atoms with Crippen molar-refractivity contribution < 1.29 is 77.2 Å². The molecule has 6 nitrogen and oxygen atoms in total. The molecule has 0 spiro atoms. The molecule has 5 saturated carbocycles. The largest absolute Gasteiger partial charge is 0.691 e. The first kappa shape index (κ1) is 30.8. The lowest BCUT2D eigenvalue weighted by Gasteiger charge is -2.61. The molecule has 0 aliphatic heterocycles. The summed E-state index contributed by atoms with van der Waals surface area (Å²) >= 11 is 0.282. The lowest BCUT2D eigenvalue weighted by molar-refractivity contribution is -0.777. The Labute approximate surface area is 217 Å². The fourth-order valence-electron chi connectivity index (χ4n) is 6.56. The van der Waals surface area contributed by atoms with Gasteiger partial charge in [-0.25, -0.2) is 4.39 Å². The monoisotopic (exact) mass is 611 g/mol. The van der Waals surface area contributed by atoms with Crippen molar-refractivity contribution in [3.63, 3.8) is 0 Å². The first-order chi connectivity index (χ1) is 17.5. The van der Waals surface area contributed by atoms with Crippen molar-refractivity contribution in [2.24, 2.45) is 11.8 Å². The average molecular weight is 611 g/mol. The normalized spacial score (nSPS) is 38.4. The van der Waals surface area contributed by atoms with Crippen LogP contribution in [0.1, 0.15) is 52.4 Å². The van der Waals surface area contributed by atoms with Gasteiger partial charge in [-0.3, -0.25) is 9.83 Å². The lowest BCUT2D eigenvalue weighted by atomic mass is 9.52. The summed E-state index contributed by atoms with van der Waals surface area (Å²) in [6, 6.07) is 0. The SMILES string of the molecule is CC(C)(SOO[O-])C(=O)OC12CC3CC(CC(OCC4(F)C(F)(F)C(F)(F)C(F)(F)C(F)(F)C4(F)F)(C3)C1)C2. The van der Waals surface area contributed by atoms with Crippen molar-refractivity contribution in [2.75, 3.05) is 6.61 Å². The summed E-state index contributed by atoms with van der Waals surface area (Å²) in [4.78, 5) is 12.8. The lowest BCUT2D eigenvalue weighted by Crippen LogP contribution is -2.84. The fourth-order valence-corrected chi connectivity index (χ4v) is 6.86. The summed E-state index contributed by atoms with van der Waals surface area (Å²) in [6.45, 7) is -0.211. The molecule has 0 amide bonds. The third-order valence-electron chi connectivity index (χ3n) is 8.17. The van der Waals surface area contributed by atoms with Gasteiger partial charge in [0.1, 0.15) is 10.3 Å². The van der Waals surface area contributed by atoms with Crippen LogP contribution in [-0.4, -0.2) is 63.8 Å². The second-order valence-corrected chi connectivity index (χ2v) is 12.7. The number of ether oxygens (including phenoxy) is 2. The predicted molar refractivity (Wildman–Crippen MR) is 105 cm³/mol. The van der Waals surface area contributed by atoms with E-state index in [0.29, 0.717) is 6.42 Å². The molecular formula is C21H22F11O6S-. The van der Waals surface area contributed by atoms with Gasteiger partial charge in [0.2, 0.25) is 0 Å². The molecule has 0 aromatic rings.